The maximum atomic E-state index is 11.3. The first-order valence-electron chi connectivity index (χ1n) is 5.29. The van der Waals surface area contributed by atoms with Crippen LogP contribution in [0.2, 0.25) is 0 Å². The maximum Gasteiger partial charge on any atom is 0.282 e. The lowest BCUT2D eigenvalue weighted by atomic mass is 10.1. The lowest BCUT2D eigenvalue weighted by molar-refractivity contribution is -0.385. The molecule has 0 unspecified atom stereocenters. The molecule has 0 aliphatic carbocycles. The maximum absolute atomic E-state index is 11.3. The normalized spacial score (nSPS) is 9.21. The van der Waals surface area contributed by atoms with E-state index in [1.54, 1.807) is 0 Å². The van der Waals surface area contributed by atoms with Gasteiger partial charge in [-0.2, -0.15) is 10.5 Å². The van der Waals surface area contributed by atoms with Gasteiger partial charge in [-0.15, -0.1) is 0 Å². The van der Waals surface area contributed by atoms with Crippen molar-refractivity contribution in [2.24, 2.45) is 0 Å². The Morgan fingerprint density at radius 1 is 1.37 bits per heavy atom. The molecule has 1 aromatic carbocycles. The Balaban J connectivity index is 3.28. The van der Waals surface area contributed by atoms with Crippen LogP contribution in [0.4, 0.5) is 11.4 Å². The minimum Gasteiger partial charge on any atom is -0.345 e. The van der Waals surface area contributed by atoms with Gasteiger partial charge in [-0.3, -0.25) is 14.9 Å². The van der Waals surface area contributed by atoms with Crippen LogP contribution in [0.5, 0.6) is 0 Å². The second-order valence-electron chi connectivity index (χ2n) is 3.69. The molecule has 19 heavy (non-hydrogen) atoms. The summed E-state index contributed by atoms with van der Waals surface area (Å²) >= 11 is 0. The van der Waals surface area contributed by atoms with Crippen molar-refractivity contribution >= 4 is 17.2 Å². The summed E-state index contributed by atoms with van der Waals surface area (Å²) in [5.74, 6) is -0.412. The van der Waals surface area contributed by atoms with Crippen LogP contribution in [0, 0.1) is 32.8 Å². The van der Waals surface area contributed by atoms with Gasteiger partial charge in [-0.25, -0.2) is 0 Å². The fraction of sp³-hybridized carbons (Fsp3) is 0.250. The molecule has 7 nitrogen and oxygen atoms in total. The van der Waals surface area contributed by atoms with Crippen LogP contribution >= 0.6 is 0 Å². The van der Waals surface area contributed by atoms with Gasteiger partial charge in [0.25, 0.3) is 5.69 Å². The molecule has 0 spiro atoms. The summed E-state index contributed by atoms with van der Waals surface area (Å²) < 4.78 is 0. The predicted octanol–water partition coefficient (Wildman–Crippen LogP) is 1.65. The molecule has 0 radical (unpaired) electrons. The van der Waals surface area contributed by atoms with Crippen molar-refractivity contribution in [3.05, 3.63) is 33.9 Å². The predicted molar refractivity (Wildman–Crippen MR) is 66.5 cm³/mol. The number of carbonyl (C=O) groups excluding carboxylic acids is 1. The van der Waals surface area contributed by atoms with Gasteiger partial charge < -0.3 is 4.90 Å². The van der Waals surface area contributed by atoms with Crippen LogP contribution in [0.15, 0.2) is 18.2 Å². The molecule has 0 saturated carbocycles. The summed E-state index contributed by atoms with van der Waals surface area (Å²) in [6, 6.07) is 7.77. The second kappa shape index (κ2) is 6.12. The Morgan fingerprint density at radius 2 is 1.95 bits per heavy atom. The number of nitro groups is 1. The van der Waals surface area contributed by atoms with Crippen LogP contribution in [-0.4, -0.2) is 23.8 Å². The number of nitriles is 2. The molecule has 7 heteroatoms. The van der Waals surface area contributed by atoms with E-state index in [1.807, 2.05) is 12.1 Å². The molecule has 1 aromatic rings. The molecular weight excluding hydrogens is 248 g/mol. The van der Waals surface area contributed by atoms with Crippen LogP contribution in [0.3, 0.4) is 0 Å². The van der Waals surface area contributed by atoms with Gasteiger partial charge in [0.05, 0.1) is 22.6 Å². The van der Waals surface area contributed by atoms with Crippen molar-refractivity contribution in [2.75, 3.05) is 18.0 Å². The minimum atomic E-state index is -0.656. The minimum absolute atomic E-state index is 0.00242. The standard InChI is InChI=1S/C12H10N4O3/c1-9(17)11-3-2-10(8-12(11)16(18)19)15(6-4-13)7-5-14/h2-3,8H,6-7H2,1H3. The van der Waals surface area contributed by atoms with Crippen molar-refractivity contribution in [1.82, 2.24) is 0 Å². The number of hydrogen-bond donors (Lipinski definition) is 0. The highest BCUT2D eigenvalue weighted by Gasteiger charge is 2.19. The average Bonchev–Trinajstić information content (AvgIpc) is 2.37. The van der Waals surface area contributed by atoms with Gasteiger partial charge in [0.15, 0.2) is 5.78 Å². The SMILES string of the molecule is CC(=O)c1ccc(N(CC#N)CC#N)cc1[N+](=O)[O-]. The van der Waals surface area contributed by atoms with Gasteiger partial charge in [-0.05, 0) is 19.1 Å². The Labute approximate surface area is 109 Å². The van der Waals surface area contributed by atoms with E-state index in [9.17, 15) is 14.9 Å². The first kappa shape index (κ1) is 14.1. The van der Waals surface area contributed by atoms with Crippen LogP contribution in [-0.2, 0) is 0 Å². The monoisotopic (exact) mass is 258 g/mol. The molecule has 0 amide bonds. The van der Waals surface area contributed by atoms with Gasteiger partial charge in [-0.1, -0.05) is 0 Å². The molecule has 0 aliphatic rings. The third-order valence-electron chi connectivity index (χ3n) is 2.45. The van der Waals surface area contributed by atoms with E-state index < -0.39 is 10.7 Å². The van der Waals surface area contributed by atoms with Gasteiger partial charge >= 0.3 is 0 Å². The molecule has 0 aromatic heterocycles. The number of nitrogens with zero attached hydrogens (tertiary/aromatic N) is 4. The summed E-state index contributed by atoms with van der Waals surface area (Å²) in [5, 5.41) is 28.2. The van der Waals surface area contributed by atoms with Crippen molar-refractivity contribution in [3.8, 4) is 12.1 Å². The number of Topliss-reactive ketones (excluding diaryl/α,β-unsaturated/α-hetero) is 1. The summed E-state index contributed by atoms with van der Waals surface area (Å²) in [4.78, 5) is 22.9. The molecule has 0 saturated heterocycles. The lowest BCUT2D eigenvalue weighted by Crippen LogP contribution is -2.23. The highest BCUT2D eigenvalue weighted by Crippen LogP contribution is 2.25. The van der Waals surface area contributed by atoms with Crippen LogP contribution < -0.4 is 4.90 Å². The topological polar surface area (TPSA) is 111 Å². The third kappa shape index (κ3) is 3.27. The van der Waals surface area contributed by atoms with E-state index in [1.165, 1.54) is 30.0 Å². The molecule has 0 aliphatic heterocycles. The summed E-state index contributed by atoms with van der Waals surface area (Å²) in [6.45, 7) is 1.11. The van der Waals surface area contributed by atoms with Gasteiger partial charge in [0.1, 0.15) is 13.1 Å². The zero-order chi connectivity index (χ0) is 14.4. The molecule has 0 heterocycles. The van der Waals surface area contributed by atoms with E-state index in [-0.39, 0.29) is 24.3 Å². The highest BCUT2D eigenvalue weighted by molar-refractivity contribution is 5.98. The second-order valence-corrected chi connectivity index (χ2v) is 3.69. The number of rotatable bonds is 5. The Hall–Kier alpha value is -2.93. The van der Waals surface area contributed by atoms with Crippen molar-refractivity contribution in [2.45, 2.75) is 6.92 Å². The van der Waals surface area contributed by atoms with E-state index >= 15 is 0 Å². The van der Waals surface area contributed by atoms with Gasteiger partial charge in [0, 0.05) is 11.8 Å². The van der Waals surface area contributed by atoms with Crippen LogP contribution in [0.1, 0.15) is 17.3 Å². The summed E-state index contributed by atoms with van der Waals surface area (Å²) in [5.41, 5.74) is 0.0355. The van der Waals surface area contributed by atoms with E-state index in [4.69, 9.17) is 10.5 Å². The van der Waals surface area contributed by atoms with Crippen molar-refractivity contribution in [1.29, 1.82) is 10.5 Å². The Bertz CT molecular complexity index is 582. The zero-order valence-corrected chi connectivity index (χ0v) is 10.2. The fourth-order valence-electron chi connectivity index (χ4n) is 1.57. The van der Waals surface area contributed by atoms with Crippen LogP contribution in [0.25, 0.3) is 0 Å². The molecule has 0 fully saturated rings. The number of benzene rings is 1. The molecular formula is C12H10N4O3. The Morgan fingerprint density at radius 3 is 2.37 bits per heavy atom. The van der Waals surface area contributed by atoms with Gasteiger partial charge in [0.2, 0.25) is 0 Å². The number of hydrogen-bond acceptors (Lipinski definition) is 6. The summed E-state index contributed by atoms with van der Waals surface area (Å²) in [7, 11) is 0. The average molecular weight is 258 g/mol. The largest absolute Gasteiger partial charge is 0.345 e. The molecule has 0 bridgehead atoms. The molecule has 0 N–H and O–H groups in total. The molecule has 1 rings (SSSR count). The lowest BCUT2D eigenvalue weighted by Gasteiger charge is -2.18. The van der Waals surface area contributed by atoms with E-state index in [0.29, 0.717) is 5.69 Å². The molecule has 96 valence electrons. The smallest absolute Gasteiger partial charge is 0.282 e. The Kier molecular flexibility index (Phi) is 4.56. The van der Waals surface area contributed by atoms with Crippen molar-refractivity contribution < 1.29 is 9.72 Å². The number of carbonyl (C=O) groups is 1. The fourth-order valence-corrected chi connectivity index (χ4v) is 1.57. The third-order valence-corrected chi connectivity index (χ3v) is 2.45. The first-order chi connectivity index (χ1) is 9.01. The van der Waals surface area contributed by atoms with Crippen molar-refractivity contribution in [3.63, 3.8) is 0 Å². The highest BCUT2D eigenvalue weighted by atomic mass is 16.6. The van der Waals surface area contributed by atoms with E-state index in [0.717, 1.165) is 0 Å². The first-order valence-corrected chi connectivity index (χ1v) is 5.29. The summed E-state index contributed by atoms with van der Waals surface area (Å²) in [6.07, 6.45) is 0. The van der Waals surface area contributed by atoms with E-state index in [2.05, 4.69) is 0 Å². The quantitative estimate of drug-likeness (QED) is 0.343. The molecule has 0 atom stereocenters. The number of ketones is 1. The zero-order valence-electron chi connectivity index (χ0n) is 10.2. The number of anilines is 1. The number of nitro benzene ring substituents is 1.